The minimum absolute atomic E-state index is 0.216. The molecule has 1 rings (SSSR count). The average Bonchev–Trinajstić information content (AvgIpc) is 2.85. The van der Waals surface area contributed by atoms with Gasteiger partial charge in [0.25, 0.3) is 0 Å². The van der Waals surface area contributed by atoms with Crippen molar-refractivity contribution < 1.29 is 34.7 Å². The summed E-state index contributed by atoms with van der Waals surface area (Å²) in [6, 6.07) is 9.77. The van der Waals surface area contributed by atoms with E-state index in [1.807, 2.05) is 37.3 Å². The highest BCUT2D eigenvalue weighted by molar-refractivity contribution is 5.87. The van der Waals surface area contributed by atoms with E-state index >= 15 is 0 Å². The van der Waals surface area contributed by atoms with Gasteiger partial charge in [-0.25, -0.2) is 4.79 Å². The maximum atomic E-state index is 11.8. The van der Waals surface area contributed by atoms with E-state index in [9.17, 15) is 25.2 Å². The molecule has 0 unspecified atom stereocenters. The highest BCUT2D eigenvalue weighted by atomic mass is 16.5. The molecule has 0 radical (unpaired) electrons. The molecular formula is C28H46O7. The lowest BCUT2D eigenvalue weighted by Gasteiger charge is -2.37. The number of hydrogen-bond acceptors (Lipinski definition) is 7. The Labute approximate surface area is 210 Å². The molecule has 0 aliphatic carbocycles. The quantitative estimate of drug-likeness (QED) is 0.218. The maximum absolute atomic E-state index is 11.8. The molecule has 4 N–H and O–H groups in total. The fourth-order valence-corrected chi connectivity index (χ4v) is 4.40. The maximum Gasteiger partial charge on any atom is 0.333 e. The third-order valence-electron chi connectivity index (χ3n) is 6.96. The van der Waals surface area contributed by atoms with Gasteiger partial charge in [0.1, 0.15) is 0 Å². The van der Waals surface area contributed by atoms with Crippen molar-refractivity contribution in [2.45, 2.75) is 79.5 Å². The van der Waals surface area contributed by atoms with Gasteiger partial charge in [-0.15, -0.1) is 0 Å². The third kappa shape index (κ3) is 9.66. The van der Waals surface area contributed by atoms with E-state index in [1.165, 1.54) is 0 Å². The Bertz CT molecular complexity index is 766. The van der Waals surface area contributed by atoms with Crippen LogP contribution in [0.25, 0.3) is 0 Å². The van der Waals surface area contributed by atoms with Gasteiger partial charge in [0.15, 0.2) is 0 Å². The molecule has 0 bridgehead atoms. The Kier molecular flexibility index (Phi) is 13.7. The minimum atomic E-state index is -1.02. The molecule has 1 aromatic carbocycles. The van der Waals surface area contributed by atoms with E-state index in [2.05, 4.69) is 0 Å². The Hall–Kier alpha value is -1.77. The van der Waals surface area contributed by atoms with E-state index in [4.69, 9.17) is 9.47 Å². The summed E-state index contributed by atoms with van der Waals surface area (Å²) in [7, 11) is 0. The number of carbonyl (C=O) groups is 1. The molecule has 0 aromatic heterocycles. The molecule has 9 atom stereocenters. The summed E-state index contributed by atoms with van der Waals surface area (Å²) in [5.74, 6) is -2.73. The van der Waals surface area contributed by atoms with Crippen LogP contribution in [0.15, 0.2) is 42.0 Å². The van der Waals surface area contributed by atoms with Crippen LogP contribution in [0.5, 0.6) is 0 Å². The van der Waals surface area contributed by atoms with E-state index in [0.717, 1.165) is 5.56 Å². The number of ether oxygens (including phenoxy) is 2. The van der Waals surface area contributed by atoms with E-state index in [0.29, 0.717) is 18.8 Å². The zero-order valence-corrected chi connectivity index (χ0v) is 22.3. The van der Waals surface area contributed by atoms with Crippen molar-refractivity contribution in [2.24, 2.45) is 29.6 Å². The van der Waals surface area contributed by atoms with E-state index in [1.54, 1.807) is 47.6 Å². The summed E-state index contributed by atoms with van der Waals surface area (Å²) in [5.41, 5.74) is 1.45. The van der Waals surface area contributed by atoms with Crippen LogP contribution in [0.4, 0.5) is 0 Å². The van der Waals surface area contributed by atoms with Crippen LogP contribution in [-0.4, -0.2) is 64.0 Å². The van der Waals surface area contributed by atoms with Crippen molar-refractivity contribution >= 4 is 5.97 Å². The fourth-order valence-electron chi connectivity index (χ4n) is 4.40. The largest absolute Gasteiger partial charge is 0.463 e. The Morgan fingerprint density at radius 3 is 1.91 bits per heavy atom. The van der Waals surface area contributed by atoms with Crippen LogP contribution in [-0.2, 0) is 20.9 Å². The van der Waals surface area contributed by atoms with Crippen molar-refractivity contribution in [3.8, 4) is 0 Å². The lowest BCUT2D eigenvalue weighted by molar-refractivity contribution is -0.138. The zero-order chi connectivity index (χ0) is 26.7. The smallest absolute Gasteiger partial charge is 0.333 e. The Morgan fingerprint density at radius 2 is 1.37 bits per heavy atom. The topological polar surface area (TPSA) is 116 Å². The lowest BCUT2D eigenvalue weighted by atomic mass is 9.77. The number of hydrogen-bond donors (Lipinski definition) is 4. The third-order valence-corrected chi connectivity index (χ3v) is 6.96. The predicted octanol–water partition coefficient (Wildman–Crippen LogP) is 3.34. The predicted molar refractivity (Wildman–Crippen MR) is 136 cm³/mol. The monoisotopic (exact) mass is 494 g/mol. The standard InChI is InChI=1S/C28H46O7/c1-8-35-28(33)18(3)14-17(2)24(29)20(5)26(31)22(7)27(32)21(6)25(30)19(4)15-34-16-23-12-10-9-11-13-23/h9-14,17,19-22,24-27,29-32H,8,15-16H2,1-7H3/b18-14+/t17-,19+,20+,21+,22-,24-,25+,26+,27+/m0/s1. The summed E-state index contributed by atoms with van der Waals surface area (Å²) in [5, 5.41) is 43.4. The van der Waals surface area contributed by atoms with Crippen LogP contribution in [0.2, 0.25) is 0 Å². The second kappa shape index (κ2) is 15.4. The van der Waals surface area contributed by atoms with Crippen molar-refractivity contribution in [1.29, 1.82) is 0 Å². The summed E-state index contributed by atoms with van der Waals surface area (Å²) in [6.45, 7) is 13.2. The molecule has 0 saturated carbocycles. The number of carbonyl (C=O) groups excluding carboxylic acids is 1. The van der Waals surface area contributed by atoms with Gasteiger partial charge in [-0.1, -0.05) is 71.0 Å². The molecule has 0 fully saturated rings. The normalized spacial score (nSPS) is 20.1. The van der Waals surface area contributed by atoms with E-state index < -0.39 is 54.1 Å². The van der Waals surface area contributed by atoms with Crippen LogP contribution in [0.1, 0.15) is 54.0 Å². The van der Waals surface area contributed by atoms with Crippen molar-refractivity contribution in [3.05, 3.63) is 47.5 Å². The minimum Gasteiger partial charge on any atom is -0.463 e. The average molecular weight is 495 g/mol. The summed E-state index contributed by atoms with van der Waals surface area (Å²) >= 11 is 0. The van der Waals surface area contributed by atoms with Crippen LogP contribution in [0.3, 0.4) is 0 Å². The van der Waals surface area contributed by atoms with Crippen molar-refractivity contribution in [1.82, 2.24) is 0 Å². The van der Waals surface area contributed by atoms with Crippen LogP contribution in [0, 0.1) is 29.6 Å². The molecule has 0 aliphatic rings. The van der Waals surface area contributed by atoms with E-state index in [-0.39, 0.29) is 12.5 Å². The van der Waals surface area contributed by atoms with Gasteiger partial charge < -0.3 is 29.9 Å². The van der Waals surface area contributed by atoms with Gasteiger partial charge >= 0.3 is 5.97 Å². The van der Waals surface area contributed by atoms with Crippen molar-refractivity contribution in [2.75, 3.05) is 13.2 Å². The summed E-state index contributed by atoms with van der Waals surface area (Å²) in [4.78, 5) is 11.8. The number of benzene rings is 1. The molecule has 1 aromatic rings. The molecule has 7 nitrogen and oxygen atoms in total. The SMILES string of the molecule is CCOC(=O)/C(C)=C/[C@H](C)[C@H](O)[C@@H](C)[C@@H](O)[C@H](C)[C@H](O)[C@H](C)[C@H](O)[C@H](C)COCc1ccccc1. The van der Waals surface area contributed by atoms with Gasteiger partial charge in [0.2, 0.25) is 0 Å². The highest BCUT2D eigenvalue weighted by Gasteiger charge is 2.37. The first kappa shape index (κ1) is 31.3. The van der Waals surface area contributed by atoms with Gasteiger partial charge in [-0.2, -0.15) is 0 Å². The molecule has 7 heteroatoms. The molecule has 200 valence electrons. The molecule has 0 heterocycles. The molecule has 35 heavy (non-hydrogen) atoms. The molecular weight excluding hydrogens is 448 g/mol. The summed E-state index contributed by atoms with van der Waals surface area (Å²) in [6.07, 6.45) is -2.13. The number of rotatable bonds is 15. The van der Waals surface area contributed by atoms with Crippen LogP contribution >= 0.6 is 0 Å². The Balaban J connectivity index is 2.66. The first-order valence-electron chi connectivity index (χ1n) is 12.6. The molecule has 0 saturated heterocycles. The van der Waals surface area contributed by atoms with Gasteiger partial charge in [-0.3, -0.25) is 0 Å². The highest BCUT2D eigenvalue weighted by Crippen LogP contribution is 2.29. The molecule has 0 amide bonds. The van der Waals surface area contributed by atoms with Gasteiger partial charge in [0.05, 0.1) is 44.2 Å². The number of aliphatic hydroxyl groups is 4. The first-order chi connectivity index (χ1) is 16.4. The second-order valence-electron chi connectivity index (χ2n) is 9.95. The van der Waals surface area contributed by atoms with Gasteiger partial charge in [0, 0.05) is 35.2 Å². The number of aliphatic hydroxyl groups excluding tert-OH is 4. The zero-order valence-electron chi connectivity index (χ0n) is 22.3. The lowest BCUT2D eigenvalue weighted by Crippen LogP contribution is -2.46. The van der Waals surface area contributed by atoms with Crippen molar-refractivity contribution in [3.63, 3.8) is 0 Å². The fraction of sp³-hybridized carbons (Fsp3) is 0.679. The summed E-state index contributed by atoms with van der Waals surface area (Å²) < 4.78 is 10.7. The van der Waals surface area contributed by atoms with Gasteiger partial charge in [-0.05, 0) is 19.4 Å². The molecule has 0 aliphatic heterocycles. The second-order valence-corrected chi connectivity index (χ2v) is 9.95. The Morgan fingerprint density at radius 1 is 0.857 bits per heavy atom. The number of esters is 1. The first-order valence-corrected chi connectivity index (χ1v) is 12.6. The molecule has 0 spiro atoms. The van der Waals surface area contributed by atoms with Crippen LogP contribution < -0.4 is 0 Å².